The molecule has 0 amide bonds. The highest BCUT2D eigenvalue weighted by molar-refractivity contribution is 5.86. The van der Waals surface area contributed by atoms with Crippen LogP contribution in [0, 0.1) is 0 Å². The molecule has 0 aromatic carbocycles. The van der Waals surface area contributed by atoms with Gasteiger partial charge in [-0.05, 0) is 12.1 Å². The minimum atomic E-state index is -4.29. The van der Waals surface area contributed by atoms with Crippen molar-refractivity contribution in [1.82, 2.24) is 4.98 Å². The van der Waals surface area contributed by atoms with Gasteiger partial charge in [0.25, 0.3) is 0 Å². The molecule has 0 saturated heterocycles. The molecule has 5 nitrogen and oxygen atoms in total. The third-order valence-electron chi connectivity index (χ3n) is 1.85. The number of anilines is 2. The van der Waals surface area contributed by atoms with E-state index in [1.165, 1.54) is 12.1 Å². The molecule has 0 radical (unpaired) electrons. The molecule has 0 bridgehead atoms. The van der Waals surface area contributed by atoms with Crippen LogP contribution in [-0.4, -0.2) is 28.8 Å². The Hall–Kier alpha value is -1.99. The number of nitrogen functional groups attached to an aromatic ring is 1. The van der Waals surface area contributed by atoms with Crippen LogP contribution in [0.2, 0.25) is 0 Å². The number of nitrogens with zero attached hydrogens (tertiary/aromatic N) is 1. The molecule has 0 saturated carbocycles. The maximum atomic E-state index is 11.9. The normalized spacial score (nSPS) is 11.2. The molecule has 1 rings (SSSR count). The molecule has 0 aliphatic heterocycles. The summed E-state index contributed by atoms with van der Waals surface area (Å²) in [4.78, 5) is 14.2. The third kappa shape index (κ3) is 4.17. The van der Waals surface area contributed by atoms with Gasteiger partial charge in [0.1, 0.15) is 5.82 Å². The maximum Gasteiger partial charge on any atom is 0.390 e. The van der Waals surface area contributed by atoms with E-state index in [9.17, 15) is 18.0 Å². The molecule has 0 unspecified atom stereocenters. The maximum absolute atomic E-state index is 11.9. The first-order chi connectivity index (χ1) is 7.79. The van der Waals surface area contributed by atoms with Gasteiger partial charge in [0.05, 0.1) is 12.1 Å². The molecular weight excluding hydrogens is 239 g/mol. The number of carboxylic acid groups (broad SMARTS) is 1. The van der Waals surface area contributed by atoms with Crippen LogP contribution < -0.4 is 11.1 Å². The topological polar surface area (TPSA) is 88.2 Å². The number of rotatable bonds is 4. The number of nitrogens with one attached hydrogen (secondary N) is 1. The predicted molar refractivity (Wildman–Crippen MR) is 54.8 cm³/mol. The Balaban J connectivity index is 2.70. The van der Waals surface area contributed by atoms with E-state index in [1.54, 1.807) is 0 Å². The summed E-state index contributed by atoms with van der Waals surface area (Å²) < 4.78 is 35.6. The zero-order valence-electron chi connectivity index (χ0n) is 8.58. The Morgan fingerprint density at radius 2 is 2.12 bits per heavy atom. The van der Waals surface area contributed by atoms with E-state index in [4.69, 9.17) is 10.8 Å². The van der Waals surface area contributed by atoms with Crippen molar-refractivity contribution in [3.8, 4) is 0 Å². The lowest BCUT2D eigenvalue weighted by atomic mass is 10.3. The molecule has 0 spiro atoms. The summed E-state index contributed by atoms with van der Waals surface area (Å²) in [6.45, 7) is -0.413. The van der Waals surface area contributed by atoms with E-state index in [1.807, 2.05) is 0 Å². The van der Waals surface area contributed by atoms with Crippen LogP contribution in [0.25, 0.3) is 0 Å². The molecule has 1 heterocycles. The first-order valence-electron chi connectivity index (χ1n) is 4.60. The van der Waals surface area contributed by atoms with E-state index in [0.29, 0.717) is 0 Å². The Bertz CT molecular complexity index is 420. The van der Waals surface area contributed by atoms with Crippen LogP contribution >= 0.6 is 0 Å². The average Bonchev–Trinajstić information content (AvgIpc) is 2.18. The summed E-state index contributed by atoms with van der Waals surface area (Å²) in [5, 5.41) is 11.0. The van der Waals surface area contributed by atoms with E-state index < -0.39 is 25.1 Å². The number of carboxylic acids is 1. The van der Waals surface area contributed by atoms with Gasteiger partial charge in [-0.3, -0.25) is 0 Å². The molecule has 4 N–H and O–H groups in total. The SMILES string of the molecule is Nc1ccc(C(=O)O)nc1NCCC(F)(F)F. The molecule has 0 fully saturated rings. The lowest BCUT2D eigenvalue weighted by Crippen LogP contribution is -2.16. The largest absolute Gasteiger partial charge is 0.477 e. The summed E-state index contributed by atoms with van der Waals surface area (Å²) >= 11 is 0. The van der Waals surface area contributed by atoms with Crippen LogP contribution in [0.15, 0.2) is 12.1 Å². The Labute approximate surface area is 94.5 Å². The minimum absolute atomic E-state index is 0.0610. The van der Waals surface area contributed by atoms with Gasteiger partial charge in [-0.15, -0.1) is 0 Å². The lowest BCUT2D eigenvalue weighted by molar-refractivity contribution is -0.131. The van der Waals surface area contributed by atoms with Crippen molar-refractivity contribution < 1.29 is 23.1 Å². The lowest BCUT2D eigenvalue weighted by Gasteiger charge is -2.10. The van der Waals surface area contributed by atoms with Gasteiger partial charge in [-0.1, -0.05) is 0 Å². The molecule has 0 atom stereocenters. The molecule has 94 valence electrons. The third-order valence-corrected chi connectivity index (χ3v) is 1.85. The van der Waals surface area contributed by atoms with E-state index in [-0.39, 0.29) is 17.2 Å². The number of nitrogens with two attached hydrogens (primary N) is 1. The summed E-state index contributed by atoms with van der Waals surface area (Å²) in [5.74, 6) is -1.34. The van der Waals surface area contributed by atoms with Gasteiger partial charge in [0.2, 0.25) is 0 Å². The second kappa shape index (κ2) is 4.89. The van der Waals surface area contributed by atoms with Gasteiger partial charge in [-0.2, -0.15) is 13.2 Å². The number of alkyl halides is 3. The number of aromatic nitrogens is 1. The second-order valence-electron chi connectivity index (χ2n) is 3.23. The molecular formula is C9H10F3N3O2. The van der Waals surface area contributed by atoms with Crippen molar-refractivity contribution in [3.05, 3.63) is 17.8 Å². The highest BCUT2D eigenvalue weighted by Gasteiger charge is 2.26. The van der Waals surface area contributed by atoms with E-state index in [0.717, 1.165) is 0 Å². The number of carbonyl (C=O) groups is 1. The molecule has 1 aromatic heterocycles. The van der Waals surface area contributed by atoms with E-state index >= 15 is 0 Å². The fraction of sp³-hybridized carbons (Fsp3) is 0.333. The summed E-state index contributed by atoms with van der Waals surface area (Å²) in [6, 6.07) is 2.44. The van der Waals surface area contributed by atoms with Gasteiger partial charge < -0.3 is 16.2 Å². The van der Waals surface area contributed by atoms with Crippen molar-refractivity contribution in [2.75, 3.05) is 17.6 Å². The minimum Gasteiger partial charge on any atom is -0.477 e. The van der Waals surface area contributed by atoms with Crippen LogP contribution in [0.4, 0.5) is 24.7 Å². The first kappa shape index (κ1) is 13.1. The quantitative estimate of drug-likeness (QED) is 0.756. The number of aromatic carboxylic acids is 1. The van der Waals surface area contributed by atoms with Crippen molar-refractivity contribution in [3.63, 3.8) is 0 Å². The summed E-state index contributed by atoms with van der Waals surface area (Å²) in [6.07, 6.45) is -5.34. The summed E-state index contributed by atoms with van der Waals surface area (Å²) in [7, 11) is 0. The van der Waals surface area contributed by atoms with Gasteiger partial charge in [0, 0.05) is 6.54 Å². The standard InChI is InChI=1S/C9H10F3N3O2/c10-9(11,12)3-4-14-7-5(13)1-2-6(15-7)8(16)17/h1-2H,3-4,13H2,(H,14,15)(H,16,17). The molecule has 8 heteroatoms. The van der Waals surface area contributed by atoms with Crippen LogP contribution in [0.3, 0.4) is 0 Å². The highest BCUT2D eigenvalue weighted by atomic mass is 19.4. The molecule has 0 aliphatic rings. The Kier molecular flexibility index (Phi) is 3.77. The first-order valence-corrected chi connectivity index (χ1v) is 4.60. The average molecular weight is 249 g/mol. The van der Waals surface area contributed by atoms with Crippen molar-refractivity contribution >= 4 is 17.5 Å². The second-order valence-corrected chi connectivity index (χ2v) is 3.23. The van der Waals surface area contributed by atoms with Gasteiger partial charge >= 0.3 is 12.1 Å². The van der Waals surface area contributed by atoms with Crippen molar-refractivity contribution in [2.24, 2.45) is 0 Å². The van der Waals surface area contributed by atoms with Crippen molar-refractivity contribution in [2.45, 2.75) is 12.6 Å². The van der Waals surface area contributed by atoms with Crippen molar-refractivity contribution in [1.29, 1.82) is 0 Å². The van der Waals surface area contributed by atoms with Crippen LogP contribution in [-0.2, 0) is 0 Å². The predicted octanol–water partition coefficient (Wildman–Crippen LogP) is 1.73. The highest BCUT2D eigenvalue weighted by Crippen LogP contribution is 2.21. The number of hydrogen-bond donors (Lipinski definition) is 3. The summed E-state index contributed by atoms with van der Waals surface area (Å²) in [5.41, 5.74) is 5.25. The Morgan fingerprint density at radius 3 is 2.65 bits per heavy atom. The van der Waals surface area contributed by atoms with Crippen LogP contribution in [0.5, 0.6) is 0 Å². The zero-order chi connectivity index (χ0) is 13.1. The van der Waals surface area contributed by atoms with Gasteiger partial charge in [0.15, 0.2) is 5.69 Å². The fourth-order valence-corrected chi connectivity index (χ4v) is 1.05. The zero-order valence-corrected chi connectivity index (χ0v) is 8.58. The fourth-order valence-electron chi connectivity index (χ4n) is 1.05. The molecule has 17 heavy (non-hydrogen) atoms. The van der Waals surface area contributed by atoms with E-state index in [2.05, 4.69) is 10.3 Å². The number of pyridine rings is 1. The number of hydrogen-bond acceptors (Lipinski definition) is 4. The Morgan fingerprint density at radius 1 is 1.47 bits per heavy atom. The van der Waals surface area contributed by atoms with Crippen LogP contribution in [0.1, 0.15) is 16.9 Å². The molecule has 0 aliphatic carbocycles. The molecule has 1 aromatic rings. The monoisotopic (exact) mass is 249 g/mol. The van der Waals surface area contributed by atoms with Gasteiger partial charge in [-0.25, -0.2) is 9.78 Å². The number of halogens is 3. The smallest absolute Gasteiger partial charge is 0.390 e.